The van der Waals surface area contributed by atoms with Crippen LogP contribution in [0, 0.1) is 13.8 Å². The molecular formula is C11H21N3O. The van der Waals surface area contributed by atoms with Gasteiger partial charge in [0.2, 0.25) is 0 Å². The number of hydrogen-bond donors (Lipinski definition) is 1. The van der Waals surface area contributed by atoms with Crippen LogP contribution < -0.4 is 5.73 Å². The Labute approximate surface area is 91.4 Å². The van der Waals surface area contributed by atoms with E-state index >= 15 is 0 Å². The van der Waals surface area contributed by atoms with Gasteiger partial charge in [-0.1, -0.05) is 5.16 Å². The summed E-state index contributed by atoms with van der Waals surface area (Å²) < 4.78 is 5.12. The van der Waals surface area contributed by atoms with Gasteiger partial charge in [0.15, 0.2) is 0 Å². The summed E-state index contributed by atoms with van der Waals surface area (Å²) in [6, 6.07) is 0.222. The van der Waals surface area contributed by atoms with Gasteiger partial charge in [0.1, 0.15) is 5.76 Å². The zero-order valence-corrected chi connectivity index (χ0v) is 10.1. The van der Waals surface area contributed by atoms with Crippen LogP contribution in [0.4, 0.5) is 0 Å². The van der Waals surface area contributed by atoms with Crippen molar-refractivity contribution in [1.82, 2.24) is 10.1 Å². The van der Waals surface area contributed by atoms with Crippen molar-refractivity contribution in [1.29, 1.82) is 0 Å². The van der Waals surface area contributed by atoms with E-state index in [2.05, 4.69) is 17.1 Å². The second-order valence-electron chi connectivity index (χ2n) is 4.29. The predicted octanol–water partition coefficient (Wildman–Crippen LogP) is 1.11. The zero-order valence-electron chi connectivity index (χ0n) is 10.1. The molecule has 0 aliphatic heterocycles. The van der Waals surface area contributed by atoms with Crippen molar-refractivity contribution in [3.63, 3.8) is 0 Å². The fourth-order valence-corrected chi connectivity index (χ4v) is 1.74. The fraction of sp³-hybridized carbons (Fsp3) is 0.727. The van der Waals surface area contributed by atoms with E-state index in [1.807, 2.05) is 20.8 Å². The Balaban J connectivity index is 2.43. The summed E-state index contributed by atoms with van der Waals surface area (Å²) >= 11 is 0. The maximum atomic E-state index is 5.73. The molecule has 0 saturated heterocycles. The molecule has 1 aromatic heterocycles. The molecule has 0 aliphatic carbocycles. The molecule has 0 aliphatic rings. The molecule has 0 unspecified atom stereocenters. The average Bonchev–Trinajstić information content (AvgIpc) is 2.42. The number of hydrogen-bond acceptors (Lipinski definition) is 4. The minimum absolute atomic E-state index is 0.222. The van der Waals surface area contributed by atoms with Gasteiger partial charge in [-0.15, -0.1) is 0 Å². The molecule has 1 rings (SSSR count). The van der Waals surface area contributed by atoms with E-state index in [1.54, 1.807) is 0 Å². The number of likely N-dealkylation sites (N-methyl/N-ethyl adjacent to an activating group) is 1. The SMILES string of the molecule is Cc1noc(C)c1CCN(C)C[C@@H](C)N. The Morgan fingerprint density at radius 1 is 1.47 bits per heavy atom. The third kappa shape index (κ3) is 3.64. The van der Waals surface area contributed by atoms with Gasteiger partial charge in [-0.05, 0) is 34.2 Å². The highest BCUT2D eigenvalue weighted by molar-refractivity contribution is 5.20. The van der Waals surface area contributed by atoms with Crippen LogP contribution in [0.15, 0.2) is 4.52 Å². The third-order valence-electron chi connectivity index (χ3n) is 2.52. The van der Waals surface area contributed by atoms with Crippen LogP contribution in [0.3, 0.4) is 0 Å². The maximum absolute atomic E-state index is 5.73. The van der Waals surface area contributed by atoms with E-state index in [9.17, 15) is 0 Å². The van der Waals surface area contributed by atoms with Crippen LogP contribution in [0.5, 0.6) is 0 Å². The third-order valence-corrected chi connectivity index (χ3v) is 2.52. The summed E-state index contributed by atoms with van der Waals surface area (Å²) in [4.78, 5) is 2.23. The Bertz CT molecular complexity index is 287. The summed E-state index contributed by atoms with van der Waals surface area (Å²) in [5.41, 5.74) is 7.96. The number of aryl methyl sites for hydroxylation is 2. The van der Waals surface area contributed by atoms with Crippen LogP contribution in [-0.2, 0) is 6.42 Å². The topological polar surface area (TPSA) is 55.3 Å². The standard InChI is InChI=1S/C11H21N3O/c1-8(12)7-14(4)6-5-11-9(2)13-15-10(11)3/h8H,5-7,12H2,1-4H3/t8-/m1/s1. The van der Waals surface area contributed by atoms with Crippen LogP contribution in [-0.4, -0.2) is 36.2 Å². The molecule has 1 aromatic rings. The van der Waals surface area contributed by atoms with E-state index in [4.69, 9.17) is 10.3 Å². The summed E-state index contributed by atoms with van der Waals surface area (Å²) in [5, 5.41) is 3.94. The number of rotatable bonds is 5. The van der Waals surface area contributed by atoms with Crippen molar-refractivity contribution in [2.75, 3.05) is 20.1 Å². The first-order valence-electron chi connectivity index (χ1n) is 5.36. The molecular weight excluding hydrogens is 190 g/mol. The largest absolute Gasteiger partial charge is 0.361 e. The highest BCUT2D eigenvalue weighted by atomic mass is 16.5. The van der Waals surface area contributed by atoms with Gasteiger partial charge >= 0.3 is 0 Å². The van der Waals surface area contributed by atoms with Gasteiger partial charge in [0.25, 0.3) is 0 Å². The van der Waals surface area contributed by atoms with Crippen molar-refractivity contribution in [2.24, 2.45) is 5.73 Å². The van der Waals surface area contributed by atoms with Gasteiger partial charge in [-0.2, -0.15) is 0 Å². The molecule has 0 radical (unpaired) electrons. The minimum atomic E-state index is 0.222. The second kappa shape index (κ2) is 5.28. The van der Waals surface area contributed by atoms with Gasteiger partial charge in [0.05, 0.1) is 5.69 Å². The van der Waals surface area contributed by atoms with Crippen molar-refractivity contribution in [3.8, 4) is 0 Å². The molecule has 1 heterocycles. The van der Waals surface area contributed by atoms with Crippen molar-refractivity contribution >= 4 is 0 Å². The quantitative estimate of drug-likeness (QED) is 0.792. The molecule has 4 heteroatoms. The zero-order chi connectivity index (χ0) is 11.4. The molecule has 0 bridgehead atoms. The Morgan fingerprint density at radius 3 is 2.60 bits per heavy atom. The molecule has 0 saturated carbocycles. The molecule has 1 atom stereocenters. The normalized spacial score (nSPS) is 13.5. The highest BCUT2D eigenvalue weighted by Gasteiger charge is 2.10. The summed E-state index contributed by atoms with van der Waals surface area (Å²) in [6.45, 7) is 7.87. The maximum Gasteiger partial charge on any atom is 0.137 e. The van der Waals surface area contributed by atoms with Gasteiger partial charge in [0, 0.05) is 24.7 Å². The van der Waals surface area contributed by atoms with Gasteiger partial charge in [-0.25, -0.2) is 0 Å². The first-order valence-corrected chi connectivity index (χ1v) is 5.36. The smallest absolute Gasteiger partial charge is 0.137 e. The summed E-state index contributed by atoms with van der Waals surface area (Å²) in [5.74, 6) is 0.932. The second-order valence-corrected chi connectivity index (χ2v) is 4.29. The van der Waals surface area contributed by atoms with Crippen LogP contribution in [0.1, 0.15) is 23.9 Å². The van der Waals surface area contributed by atoms with Crippen molar-refractivity contribution in [2.45, 2.75) is 33.2 Å². The first kappa shape index (κ1) is 12.2. The van der Waals surface area contributed by atoms with E-state index in [-0.39, 0.29) is 6.04 Å². The Morgan fingerprint density at radius 2 is 2.13 bits per heavy atom. The van der Waals surface area contributed by atoms with Crippen LogP contribution in [0.25, 0.3) is 0 Å². The lowest BCUT2D eigenvalue weighted by Gasteiger charge is -2.18. The minimum Gasteiger partial charge on any atom is -0.361 e. The summed E-state index contributed by atoms with van der Waals surface area (Å²) in [6.07, 6.45) is 0.977. The van der Waals surface area contributed by atoms with E-state index in [0.717, 1.165) is 31.0 Å². The van der Waals surface area contributed by atoms with Gasteiger partial charge < -0.3 is 15.2 Å². The van der Waals surface area contributed by atoms with Crippen molar-refractivity contribution < 1.29 is 4.52 Å². The molecule has 4 nitrogen and oxygen atoms in total. The van der Waals surface area contributed by atoms with E-state index in [1.165, 1.54) is 5.56 Å². The molecule has 86 valence electrons. The monoisotopic (exact) mass is 211 g/mol. The lowest BCUT2D eigenvalue weighted by Crippen LogP contribution is -2.34. The van der Waals surface area contributed by atoms with Crippen LogP contribution in [0.2, 0.25) is 0 Å². The van der Waals surface area contributed by atoms with E-state index < -0.39 is 0 Å². The number of nitrogens with two attached hydrogens (primary N) is 1. The molecule has 0 aromatic carbocycles. The number of nitrogens with zero attached hydrogens (tertiary/aromatic N) is 2. The van der Waals surface area contributed by atoms with Crippen LogP contribution >= 0.6 is 0 Å². The lowest BCUT2D eigenvalue weighted by molar-refractivity contribution is 0.320. The van der Waals surface area contributed by atoms with Crippen molar-refractivity contribution in [3.05, 3.63) is 17.0 Å². The molecule has 0 amide bonds. The Hall–Kier alpha value is -0.870. The molecule has 2 N–H and O–H groups in total. The molecule has 0 spiro atoms. The first-order chi connectivity index (χ1) is 7.00. The average molecular weight is 211 g/mol. The van der Waals surface area contributed by atoms with E-state index in [0.29, 0.717) is 0 Å². The summed E-state index contributed by atoms with van der Waals surface area (Å²) in [7, 11) is 2.08. The fourth-order valence-electron chi connectivity index (χ4n) is 1.74. The predicted molar refractivity (Wildman–Crippen MR) is 60.8 cm³/mol. The Kier molecular flexibility index (Phi) is 4.29. The molecule has 15 heavy (non-hydrogen) atoms. The highest BCUT2D eigenvalue weighted by Crippen LogP contribution is 2.12. The molecule has 0 fully saturated rings. The number of aromatic nitrogens is 1. The van der Waals surface area contributed by atoms with Gasteiger partial charge in [-0.3, -0.25) is 0 Å². The lowest BCUT2D eigenvalue weighted by atomic mass is 10.1.